The summed E-state index contributed by atoms with van der Waals surface area (Å²) in [6, 6.07) is 0. The van der Waals surface area contributed by atoms with Crippen molar-refractivity contribution in [2.24, 2.45) is 0 Å². The van der Waals surface area contributed by atoms with E-state index in [4.69, 9.17) is 5.41 Å². The summed E-state index contributed by atoms with van der Waals surface area (Å²) in [6.45, 7) is 0. The molecule has 1 N–H and O–H groups in total. The van der Waals surface area contributed by atoms with Crippen LogP contribution in [0.1, 0.15) is 0 Å². The molecular weight excluding hydrogens is 81.0 g/mol. The highest BCUT2D eigenvalue weighted by molar-refractivity contribution is 7.44. The lowest BCUT2D eigenvalue weighted by atomic mass is 10.5. The first-order chi connectivity index (χ1) is 2.39. The minimum Gasteiger partial charge on any atom is -0.309 e. The molecule has 0 unspecified atom stereocenters. The SMILES string of the molecule is N=C1CPC1. The summed E-state index contributed by atoms with van der Waals surface area (Å²) in [5.41, 5.74) is 0.948. The average molecular weight is 87.1 g/mol. The summed E-state index contributed by atoms with van der Waals surface area (Å²) in [4.78, 5) is 0. The van der Waals surface area contributed by atoms with Crippen molar-refractivity contribution in [2.75, 3.05) is 12.3 Å². The summed E-state index contributed by atoms with van der Waals surface area (Å²) < 4.78 is 0. The fourth-order valence-corrected chi connectivity index (χ4v) is 0.750. The first-order valence-electron chi connectivity index (χ1n) is 1.66. The van der Waals surface area contributed by atoms with Gasteiger partial charge in [-0.15, -0.1) is 8.58 Å². The second kappa shape index (κ2) is 1.06. The van der Waals surface area contributed by atoms with Crippen LogP contribution in [0, 0.1) is 5.41 Å². The molecule has 5 heavy (non-hydrogen) atoms. The van der Waals surface area contributed by atoms with Crippen molar-refractivity contribution in [2.45, 2.75) is 0 Å². The number of nitrogens with one attached hydrogen (secondary N) is 1. The van der Waals surface area contributed by atoms with Crippen molar-refractivity contribution in [3.63, 3.8) is 0 Å². The maximum absolute atomic E-state index is 6.84. The van der Waals surface area contributed by atoms with Crippen LogP contribution < -0.4 is 0 Å². The molecule has 0 aromatic carbocycles. The Morgan fingerprint density at radius 2 is 2.00 bits per heavy atom. The van der Waals surface area contributed by atoms with Gasteiger partial charge in [-0.2, -0.15) is 0 Å². The van der Waals surface area contributed by atoms with Crippen molar-refractivity contribution in [1.82, 2.24) is 0 Å². The van der Waals surface area contributed by atoms with Crippen molar-refractivity contribution in [3.8, 4) is 0 Å². The van der Waals surface area contributed by atoms with E-state index in [-0.39, 0.29) is 0 Å². The van der Waals surface area contributed by atoms with E-state index in [2.05, 4.69) is 0 Å². The van der Waals surface area contributed by atoms with Crippen LogP contribution in [-0.4, -0.2) is 18.0 Å². The molecule has 0 aromatic rings. The summed E-state index contributed by atoms with van der Waals surface area (Å²) in [5, 5.41) is 6.84. The van der Waals surface area contributed by atoms with Crippen molar-refractivity contribution < 1.29 is 0 Å². The Morgan fingerprint density at radius 3 is 2.00 bits per heavy atom. The zero-order valence-corrected chi connectivity index (χ0v) is 3.91. The molecule has 1 aliphatic heterocycles. The molecule has 0 amide bonds. The van der Waals surface area contributed by atoms with E-state index in [0.29, 0.717) is 0 Å². The van der Waals surface area contributed by atoms with Gasteiger partial charge in [-0.25, -0.2) is 0 Å². The molecule has 28 valence electrons. The molecule has 0 bridgehead atoms. The van der Waals surface area contributed by atoms with Crippen LogP contribution in [0.15, 0.2) is 0 Å². The van der Waals surface area contributed by atoms with Gasteiger partial charge >= 0.3 is 0 Å². The first-order valence-corrected chi connectivity index (χ1v) is 3.08. The molecule has 1 nitrogen and oxygen atoms in total. The molecule has 0 atom stereocenters. The second-order valence-electron chi connectivity index (χ2n) is 1.21. The van der Waals surface area contributed by atoms with Crippen LogP contribution in [-0.2, 0) is 0 Å². The molecule has 1 aliphatic rings. The maximum Gasteiger partial charge on any atom is 0.0170 e. The van der Waals surface area contributed by atoms with E-state index in [0.717, 1.165) is 26.6 Å². The molecule has 1 saturated heterocycles. The second-order valence-corrected chi connectivity index (χ2v) is 2.41. The van der Waals surface area contributed by atoms with E-state index < -0.39 is 0 Å². The molecule has 0 spiro atoms. The molecule has 1 heterocycles. The topological polar surface area (TPSA) is 23.9 Å². The Labute approximate surface area is 33.1 Å². The molecule has 1 fully saturated rings. The third kappa shape index (κ3) is 0.486. The molecule has 0 aromatic heterocycles. The highest BCUT2D eigenvalue weighted by Gasteiger charge is 2.04. The zero-order valence-electron chi connectivity index (χ0n) is 2.91. The Hall–Kier alpha value is 0.100. The summed E-state index contributed by atoms with van der Waals surface area (Å²) >= 11 is 0. The number of rotatable bonds is 0. The van der Waals surface area contributed by atoms with E-state index in [1.54, 1.807) is 0 Å². The smallest absolute Gasteiger partial charge is 0.0170 e. The summed E-state index contributed by atoms with van der Waals surface area (Å²) in [5.74, 6) is 0. The van der Waals surface area contributed by atoms with Crippen LogP contribution in [0.3, 0.4) is 0 Å². The van der Waals surface area contributed by atoms with E-state index in [1.807, 2.05) is 0 Å². The lowest BCUT2D eigenvalue weighted by Gasteiger charge is -2.09. The van der Waals surface area contributed by atoms with E-state index in [9.17, 15) is 0 Å². The van der Waals surface area contributed by atoms with Gasteiger partial charge in [0.15, 0.2) is 0 Å². The third-order valence-corrected chi connectivity index (χ3v) is 2.03. The van der Waals surface area contributed by atoms with Crippen LogP contribution >= 0.6 is 8.58 Å². The van der Waals surface area contributed by atoms with Crippen molar-refractivity contribution in [3.05, 3.63) is 0 Å². The maximum atomic E-state index is 6.84. The van der Waals surface area contributed by atoms with Crippen molar-refractivity contribution >= 4 is 14.3 Å². The molecule has 0 saturated carbocycles. The van der Waals surface area contributed by atoms with Crippen LogP contribution in [0.4, 0.5) is 0 Å². The Morgan fingerprint density at radius 1 is 1.60 bits per heavy atom. The van der Waals surface area contributed by atoms with Crippen LogP contribution in [0.2, 0.25) is 0 Å². The predicted molar refractivity (Wildman–Crippen MR) is 25.8 cm³/mol. The predicted octanol–water partition coefficient (Wildman–Crippen LogP) is 0.698. The largest absolute Gasteiger partial charge is 0.309 e. The van der Waals surface area contributed by atoms with Crippen molar-refractivity contribution in [1.29, 1.82) is 5.41 Å². The van der Waals surface area contributed by atoms with Gasteiger partial charge in [0, 0.05) is 18.0 Å². The average Bonchev–Trinajstić information content (AvgIpc) is 1.30. The molecule has 0 aliphatic carbocycles. The lowest BCUT2D eigenvalue weighted by Crippen LogP contribution is -2.12. The lowest BCUT2D eigenvalue weighted by molar-refractivity contribution is 1.43. The molecule has 2 heteroatoms. The van der Waals surface area contributed by atoms with Gasteiger partial charge < -0.3 is 5.41 Å². The van der Waals surface area contributed by atoms with Gasteiger partial charge in [0.25, 0.3) is 0 Å². The van der Waals surface area contributed by atoms with Crippen LogP contribution in [0.5, 0.6) is 0 Å². The molecule has 0 radical (unpaired) electrons. The molecular formula is C3H6NP. The van der Waals surface area contributed by atoms with Gasteiger partial charge in [0.05, 0.1) is 0 Å². The summed E-state index contributed by atoms with van der Waals surface area (Å²) in [7, 11) is 1.08. The normalized spacial score (nSPS) is 26.8. The fraction of sp³-hybridized carbons (Fsp3) is 0.667. The summed E-state index contributed by atoms with van der Waals surface area (Å²) in [6.07, 6.45) is 2.19. The monoisotopic (exact) mass is 87.0 g/mol. The minimum absolute atomic E-state index is 0.948. The van der Waals surface area contributed by atoms with Gasteiger partial charge in [0.2, 0.25) is 0 Å². The highest BCUT2D eigenvalue weighted by atomic mass is 31.1. The van der Waals surface area contributed by atoms with Gasteiger partial charge in [-0.05, 0) is 0 Å². The Bertz CT molecular complexity index is 53.9. The quantitative estimate of drug-likeness (QED) is 0.420. The highest BCUT2D eigenvalue weighted by Crippen LogP contribution is 2.19. The Balaban J connectivity index is 2.32. The van der Waals surface area contributed by atoms with Gasteiger partial charge in [-0.3, -0.25) is 0 Å². The van der Waals surface area contributed by atoms with E-state index >= 15 is 0 Å². The number of hydrogen-bond acceptors (Lipinski definition) is 1. The van der Waals surface area contributed by atoms with Gasteiger partial charge in [-0.1, -0.05) is 0 Å². The van der Waals surface area contributed by atoms with Gasteiger partial charge in [0.1, 0.15) is 0 Å². The minimum atomic E-state index is 0.948. The van der Waals surface area contributed by atoms with Crippen LogP contribution in [0.25, 0.3) is 0 Å². The number of hydrogen-bond donors (Lipinski definition) is 1. The third-order valence-electron chi connectivity index (χ3n) is 0.677. The Kier molecular flexibility index (Phi) is 0.698. The zero-order chi connectivity index (χ0) is 3.70. The first kappa shape index (κ1) is 3.30. The standard InChI is InChI=1S/C3H6NP/c4-3-1-5-2-3/h4-5H,1-2H2. The fourth-order valence-electron chi connectivity index (χ4n) is 0.250. The molecule has 1 rings (SSSR count). The van der Waals surface area contributed by atoms with E-state index in [1.165, 1.54) is 0 Å².